The van der Waals surface area contributed by atoms with Crippen molar-refractivity contribution in [1.82, 2.24) is 4.98 Å². The van der Waals surface area contributed by atoms with Gasteiger partial charge in [-0.3, -0.25) is 0 Å². The Hall–Kier alpha value is -1.78. The highest BCUT2D eigenvalue weighted by atomic mass is 16.5. The summed E-state index contributed by atoms with van der Waals surface area (Å²) in [6.45, 7) is 0. The second-order valence-electron chi connectivity index (χ2n) is 2.30. The van der Waals surface area contributed by atoms with Crippen LogP contribution < -0.4 is 10.5 Å². The van der Waals surface area contributed by atoms with Crippen LogP contribution in [0.2, 0.25) is 0 Å². The van der Waals surface area contributed by atoms with E-state index in [9.17, 15) is 4.79 Å². The smallest absolute Gasteiger partial charge is 0.341 e. The number of esters is 1. The van der Waals surface area contributed by atoms with Gasteiger partial charge in [0.2, 0.25) is 0 Å². The molecule has 0 fully saturated rings. The van der Waals surface area contributed by atoms with E-state index in [-0.39, 0.29) is 11.4 Å². The lowest BCUT2D eigenvalue weighted by Gasteiger charge is -2.05. The van der Waals surface area contributed by atoms with Gasteiger partial charge in [-0.2, -0.15) is 0 Å². The van der Waals surface area contributed by atoms with Crippen molar-refractivity contribution < 1.29 is 14.3 Å². The van der Waals surface area contributed by atoms with E-state index in [2.05, 4.69) is 9.72 Å². The molecule has 0 saturated carbocycles. The van der Waals surface area contributed by atoms with Crippen LogP contribution in [0.25, 0.3) is 0 Å². The number of methoxy groups -OCH3 is 2. The average Bonchev–Trinajstić information content (AvgIpc) is 2.16. The van der Waals surface area contributed by atoms with Crippen molar-refractivity contribution in [2.45, 2.75) is 0 Å². The van der Waals surface area contributed by atoms with Gasteiger partial charge in [0.15, 0.2) is 5.75 Å². The highest BCUT2D eigenvalue weighted by Gasteiger charge is 2.12. The van der Waals surface area contributed by atoms with E-state index in [1.807, 2.05) is 0 Å². The van der Waals surface area contributed by atoms with Gasteiger partial charge in [0.05, 0.1) is 20.4 Å². The number of anilines is 1. The fraction of sp³-hybridized carbons (Fsp3) is 0.250. The van der Waals surface area contributed by atoms with Crippen LogP contribution in [0.1, 0.15) is 10.4 Å². The van der Waals surface area contributed by atoms with Crippen LogP contribution in [0, 0.1) is 0 Å². The summed E-state index contributed by atoms with van der Waals surface area (Å²) in [5, 5.41) is 0. The fourth-order valence-corrected chi connectivity index (χ4v) is 0.891. The monoisotopic (exact) mass is 182 g/mol. The molecule has 0 aliphatic heterocycles. The molecular weight excluding hydrogens is 172 g/mol. The minimum absolute atomic E-state index is 0.251. The molecule has 0 aliphatic rings. The zero-order valence-corrected chi connectivity index (χ0v) is 7.40. The van der Waals surface area contributed by atoms with E-state index in [0.29, 0.717) is 5.75 Å². The maximum Gasteiger partial charge on any atom is 0.341 e. The molecule has 0 bridgehead atoms. The summed E-state index contributed by atoms with van der Waals surface area (Å²) in [6, 6.07) is 1.41. The minimum atomic E-state index is -0.494. The SMILES string of the molecule is COC(=O)c1cc(N)ncc1OC. The number of pyridine rings is 1. The zero-order valence-electron chi connectivity index (χ0n) is 7.40. The van der Waals surface area contributed by atoms with Crippen molar-refractivity contribution in [3.05, 3.63) is 17.8 Å². The third kappa shape index (κ3) is 1.87. The van der Waals surface area contributed by atoms with Crippen LogP contribution in [0.4, 0.5) is 5.82 Å². The van der Waals surface area contributed by atoms with Gasteiger partial charge in [0, 0.05) is 0 Å². The standard InChI is InChI=1S/C8H10N2O3/c1-12-6-4-10-7(9)3-5(6)8(11)13-2/h3-4H,1-2H3,(H2,9,10). The van der Waals surface area contributed by atoms with Gasteiger partial charge in [-0.1, -0.05) is 0 Å². The molecule has 2 N–H and O–H groups in total. The van der Waals surface area contributed by atoms with Crippen molar-refractivity contribution >= 4 is 11.8 Å². The Kier molecular flexibility index (Phi) is 2.69. The molecule has 0 radical (unpaired) electrons. The van der Waals surface area contributed by atoms with Crippen molar-refractivity contribution in [3.63, 3.8) is 0 Å². The molecule has 5 nitrogen and oxygen atoms in total. The summed E-state index contributed by atoms with van der Waals surface area (Å²) in [6.07, 6.45) is 1.38. The second-order valence-corrected chi connectivity index (χ2v) is 2.30. The number of aromatic nitrogens is 1. The molecule has 0 amide bonds. The topological polar surface area (TPSA) is 74.4 Å². The largest absolute Gasteiger partial charge is 0.494 e. The molecule has 0 aliphatic carbocycles. The van der Waals surface area contributed by atoms with Crippen LogP contribution in [0.15, 0.2) is 12.3 Å². The highest BCUT2D eigenvalue weighted by Crippen LogP contribution is 2.19. The number of nitrogens with zero attached hydrogens (tertiary/aromatic N) is 1. The quantitative estimate of drug-likeness (QED) is 0.672. The predicted octanol–water partition coefficient (Wildman–Crippen LogP) is 0.459. The Morgan fingerprint density at radius 1 is 1.54 bits per heavy atom. The lowest BCUT2D eigenvalue weighted by atomic mass is 10.2. The Morgan fingerprint density at radius 3 is 2.77 bits per heavy atom. The van der Waals surface area contributed by atoms with E-state index in [1.165, 1.54) is 26.5 Å². The van der Waals surface area contributed by atoms with Crippen molar-refractivity contribution in [2.75, 3.05) is 20.0 Å². The number of carbonyl (C=O) groups excluding carboxylic acids is 1. The first kappa shape index (κ1) is 9.31. The molecule has 1 aromatic rings. The van der Waals surface area contributed by atoms with Crippen molar-refractivity contribution in [2.24, 2.45) is 0 Å². The molecule has 1 aromatic heterocycles. The van der Waals surface area contributed by atoms with Crippen LogP contribution in [-0.2, 0) is 4.74 Å². The first-order valence-electron chi connectivity index (χ1n) is 3.57. The number of rotatable bonds is 2. The Labute approximate surface area is 75.5 Å². The zero-order chi connectivity index (χ0) is 9.84. The third-order valence-electron chi connectivity index (χ3n) is 1.51. The molecule has 0 atom stereocenters. The summed E-state index contributed by atoms with van der Waals surface area (Å²) >= 11 is 0. The van der Waals surface area contributed by atoms with Gasteiger partial charge in [0.25, 0.3) is 0 Å². The lowest BCUT2D eigenvalue weighted by Crippen LogP contribution is -2.05. The van der Waals surface area contributed by atoms with Gasteiger partial charge in [-0.25, -0.2) is 9.78 Å². The molecule has 1 rings (SSSR count). The number of nitrogens with two attached hydrogens (primary N) is 1. The first-order chi connectivity index (χ1) is 6.19. The summed E-state index contributed by atoms with van der Waals surface area (Å²) in [4.78, 5) is 14.9. The first-order valence-corrected chi connectivity index (χ1v) is 3.57. The number of ether oxygens (including phenoxy) is 2. The molecule has 0 unspecified atom stereocenters. The van der Waals surface area contributed by atoms with Gasteiger partial charge in [-0.05, 0) is 6.07 Å². The number of hydrogen-bond donors (Lipinski definition) is 1. The lowest BCUT2D eigenvalue weighted by molar-refractivity contribution is 0.0597. The van der Waals surface area contributed by atoms with Gasteiger partial charge in [0.1, 0.15) is 11.4 Å². The van der Waals surface area contributed by atoms with Crippen molar-refractivity contribution in [1.29, 1.82) is 0 Å². The van der Waals surface area contributed by atoms with E-state index in [4.69, 9.17) is 10.5 Å². The predicted molar refractivity (Wildman–Crippen MR) is 46.5 cm³/mol. The molecular formula is C8H10N2O3. The maximum atomic E-state index is 11.2. The summed E-state index contributed by atoms with van der Waals surface area (Å²) in [5.74, 6) is 0.105. The molecule has 0 spiro atoms. The highest BCUT2D eigenvalue weighted by molar-refractivity contribution is 5.93. The van der Waals surface area contributed by atoms with Crippen LogP contribution in [0.3, 0.4) is 0 Å². The molecule has 13 heavy (non-hydrogen) atoms. The summed E-state index contributed by atoms with van der Waals surface area (Å²) < 4.78 is 9.44. The molecule has 70 valence electrons. The number of hydrogen-bond acceptors (Lipinski definition) is 5. The van der Waals surface area contributed by atoms with Crippen LogP contribution in [-0.4, -0.2) is 25.2 Å². The molecule has 0 aromatic carbocycles. The molecule has 1 heterocycles. The minimum Gasteiger partial charge on any atom is -0.494 e. The summed E-state index contributed by atoms with van der Waals surface area (Å²) in [5.41, 5.74) is 5.68. The van der Waals surface area contributed by atoms with Crippen molar-refractivity contribution in [3.8, 4) is 5.75 Å². The second kappa shape index (κ2) is 3.75. The van der Waals surface area contributed by atoms with Gasteiger partial charge < -0.3 is 15.2 Å². The van der Waals surface area contributed by atoms with Crippen LogP contribution in [0.5, 0.6) is 5.75 Å². The van der Waals surface area contributed by atoms with Crippen LogP contribution >= 0.6 is 0 Å². The van der Waals surface area contributed by atoms with Gasteiger partial charge >= 0.3 is 5.97 Å². The number of nitrogen functional groups attached to an aromatic ring is 1. The molecule has 0 saturated heterocycles. The van der Waals surface area contributed by atoms with E-state index in [1.54, 1.807) is 0 Å². The maximum absolute atomic E-state index is 11.2. The average molecular weight is 182 g/mol. The molecule has 5 heteroatoms. The Morgan fingerprint density at radius 2 is 2.23 bits per heavy atom. The number of carbonyl (C=O) groups is 1. The van der Waals surface area contributed by atoms with E-state index >= 15 is 0 Å². The van der Waals surface area contributed by atoms with E-state index in [0.717, 1.165) is 0 Å². The van der Waals surface area contributed by atoms with E-state index < -0.39 is 5.97 Å². The third-order valence-corrected chi connectivity index (χ3v) is 1.51. The summed E-state index contributed by atoms with van der Waals surface area (Å²) in [7, 11) is 2.73. The Bertz CT molecular complexity index is 325. The fourth-order valence-electron chi connectivity index (χ4n) is 0.891. The normalized spacial score (nSPS) is 9.38. The van der Waals surface area contributed by atoms with Gasteiger partial charge in [-0.15, -0.1) is 0 Å². The Balaban J connectivity index is 3.15.